The van der Waals surface area contributed by atoms with E-state index in [-0.39, 0.29) is 50.6 Å². The van der Waals surface area contributed by atoms with E-state index in [2.05, 4.69) is 0 Å². The van der Waals surface area contributed by atoms with Crippen molar-refractivity contribution in [3.63, 3.8) is 0 Å². The molecule has 0 aromatic heterocycles. The Balaban J connectivity index is -0.0000000700. The molecular formula is C10H22O5Zr. The molecule has 0 atom stereocenters. The number of carboxylic acids is 1. The van der Waals surface area contributed by atoms with Crippen LogP contribution in [0.15, 0.2) is 0 Å². The van der Waals surface area contributed by atoms with Crippen LogP contribution in [0.3, 0.4) is 0 Å². The number of carbonyl (C=O) groups is 2. The number of aliphatic hydroxyl groups is 2. The van der Waals surface area contributed by atoms with Gasteiger partial charge in [-0.15, -0.1) is 0 Å². The fraction of sp³-hybridized carbons (Fsp3) is 0.800. The minimum atomic E-state index is -1.06. The Bertz CT molecular complexity index is 145. The molecule has 0 unspecified atom stereocenters. The quantitative estimate of drug-likeness (QED) is 0.656. The van der Waals surface area contributed by atoms with Crippen LogP contribution in [0.5, 0.6) is 0 Å². The first-order chi connectivity index (χ1) is 6.59. The molecule has 0 fully saturated rings. The molecule has 0 heterocycles. The second-order valence-corrected chi connectivity index (χ2v) is 3.46. The summed E-state index contributed by atoms with van der Waals surface area (Å²) in [6.45, 7) is 8.13. The molecule has 0 bridgehead atoms. The second-order valence-electron chi connectivity index (χ2n) is 3.46. The van der Waals surface area contributed by atoms with Crippen molar-refractivity contribution >= 4 is 11.8 Å². The van der Waals surface area contributed by atoms with Gasteiger partial charge in [-0.1, -0.05) is 0 Å². The zero-order valence-electron chi connectivity index (χ0n) is 10.5. The first-order valence-corrected chi connectivity index (χ1v) is 4.66. The summed E-state index contributed by atoms with van der Waals surface area (Å²) in [7, 11) is 0. The van der Waals surface area contributed by atoms with E-state index in [4.69, 9.17) is 15.3 Å². The molecule has 3 N–H and O–H groups in total. The van der Waals surface area contributed by atoms with Crippen LogP contribution in [-0.4, -0.2) is 39.3 Å². The van der Waals surface area contributed by atoms with Gasteiger partial charge in [-0.05, 0) is 34.6 Å². The van der Waals surface area contributed by atoms with Crippen molar-refractivity contribution in [2.45, 2.75) is 53.2 Å². The third-order valence-corrected chi connectivity index (χ3v) is 0.400. The van der Waals surface area contributed by atoms with Gasteiger partial charge in [0.2, 0.25) is 0 Å². The van der Waals surface area contributed by atoms with Gasteiger partial charge >= 0.3 is 5.97 Å². The average molecular weight is 314 g/mol. The van der Waals surface area contributed by atoms with Crippen molar-refractivity contribution in [3.05, 3.63) is 0 Å². The van der Waals surface area contributed by atoms with E-state index >= 15 is 0 Å². The monoisotopic (exact) mass is 312 g/mol. The number of ketones is 1. The molecule has 0 rings (SSSR count). The molecule has 16 heavy (non-hydrogen) atoms. The predicted octanol–water partition coefficient (Wildman–Crippen LogP) is 0.822. The molecule has 0 amide bonds. The Kier molecular flexibility index (Phi) is 27.1. The number of Topliss-reactive ketones (excluding diaryl/α,β-unsaturated/α-hetero) is 1. The van der Waals surface area contributed by atoms with Crippen molar-refractivity contribution in [1.82, 2.24) is 0 Å². The number of hydrogen-bond acceptors (Lipinski definition) is 4. The van der Waals surface area contributed by atoms with Crippen LogP contribution in [0.25, 0.3) is 0 Å². The Morgan fingerprint density at radius 1 is 1.00 bits per heavy atom. The van der Waals surface area contributed by atoms with Gasteiger partial charge < -0.3 is 15.3 Å². The van der Waals surface area contributed by atoms with Gasteiger partial charge in [-0.2, -0.15) is 0 Å². The molecular weight excluding hydrogens is 291 g/mol. The maximum atomic E-state index is 9.87. The van der Waals surface area contributed by atoms with Gasteiger partial charge in [0.15, 0.2) is 0 Å². The van der Waals surface area contributed by atoms with E-state index in [1.54, 1.807) is 27.7 Å². The van der Waals surface area contributed by atoms with Crippen LogP contribution in [-0.2, 0) is 35.8 Å². The van der Waals surface area contributed by atoms with E-state index in [0.29, 0.717) is 0 Å². The smallest absolute Gasteiger partial charge is 0.310 e. The summed E-state index contributed by atoms with van der Waals surface area (Å²) in [6.07, 6.45) is -0.694. The van der Waals surface area contributed by atoms with Gasteiger partial charge in [-0.3, -0.25) is 9.59 Å². The number of aliphatic hydroxyl groups excluding tert-OH is 2. The fourth-order valence-corrected chi connectivity index (χ4v) is 0.213. The first-order valence-electron chi connectivity index (χ1n) is 4.66. The molecule has 6 heteroatoms. The summed E-state index contributed by atoms with van der Waals surface area (Å²) >= 11 is 0. The second kappa shape index (κ2) is 17.3. The molecule has 0 aliphatic heterocycles. The topological polar surface area (TPSA) is 94.8 Å². The molecule has 5 nitrogen and oxygen atoms in total. The minimum Gasteiger partial charge on any atom is -0.481 e. The fourth-order valence-electron chi connectivity index (χ4n) is 0.213. The molecule has 0 aromatic carbocycles. The van der Waals surface area contributed by atoms with Gasteiger partial charge in [0.1, 0.15) is 12.2 Å². The average Bonchev–Trinajstić information content (AvgIpc) is 1.78. The molecule has 0 spiro atoms. The van der Waals surface area contributed by atoms with Crippen LogP contribution in [0, 0.1) is 0 Å². The van der Waals surface area contributed by atoms with Gasteiger partial charge in [-0.25, -0.2) is 0 Å². The van der Waals surface area contributed by atoms with Crippen LogP contribution >= 0.6 is 0 Å². The van der Waals surface area contributed by atoms with Crippen LogP contribution < -0.4 is 0 Å². The summed E-state index contributed by atoms with van der Waals surface area (Å²) in [5.74, 6) is -1.37. The molecule has 0 aliphatic carbocycles. The summed E-state index contributed by atoms with van der Waals surface area (Å²) in [4.78, 5) is 19.5. The van der Waals surface area contributed by atoms with Crippen LogP contribution in [0.1, 0.15) is 41.0 Å². The normalized spacial score (nSPS) is 8.06. The molecule has 0 saturated carbocycles. The predicted molar refractivity (Wildman–Crippen MR) is 57.6 cm³/mol. The maximum Gasteiger partial charge on any atom is 0.310 e. The minimum absolute atomic E-state index is 0. The van der Waals surface area contributed by atoms with Gasteiger partial charge in [0.25, 0.3) is 0 Å². The van der Waals surface area contributed by atoms with Crippen LogP contribution in [0.2, 0.25) is 0 Å². The van der Waals surface area contributed by atoms with Gasteiger partial charge in [0.05, 0.1) is 0 Å². The van der Waals surface area contributed by atoms with Crippen molar-refractivity contribution in [1.29, 1.82) is 0 Å². The number of hydrogen-bond donors (Lipinski definition) is 3. The maximum absolute atomic E-state index is 9.87. The summed E-state index contributed by atoms with van der Waals surface area (Å²) in [5, 5.41) is 24.0. The zero-order chi connectivity index (χ0) is 13.0. The number of carboxylic acid groups (broad SMARTS) is 1. The number of rotatable bonds is 2. The van der Waals surface area contributed by atoms with E-state index in [9.17, 15) is 9.59 Å². The van der Waals surface area contributed by atoms with E-state index in [1.807, 2.05) is 0 Å². The van der Waals surface area contributed by atoms with Crippen molar-refractivity contribution in [2.24, 2.45) is 0 Å². The van der Waals surface area contributed by atoms with E-state index < -0.39 is 5.97 Å². The Labute approximate surface area is 116 Å². The largest absolute Gasteiger partial charge is 0.481 e. The Hall–Kier alpha value is -0.0569. The number of aliphatic carboxylic acids is 1. The first kappa shape index (κ1) is 25.0. The Morgan fingerprint density at radius 2 is 1.19 bits per heavy atom. The van der Waals surface area contributed by atoms with E-state index in [0.717, 1.165) is 0 Å². The molecule has 0 aromatic rings. The molecule has 0 radical (unpaired) electrons. The molecule has 0 aliphatic rings. The van der Waals surface area contributed by atoms with Crippen molar-refractivity contribution < 1.29 is 51.1 Å². The molecule has 96 valence electrons. The summed E-state index contributed by atoms with van der Waals surface area (Å²) in [5.41, 5.74) is 0. The Morgan fingerprint density at radius 3 is 1.19 bits per heavy atom. The van der Waals surface area contributed by atoms with Gasteiger partial charge in [0, 0.05) is 38.4 Å². The standard InChI is InChI=1S/C4H6O3.2C3H8O.Zr/c1-3(5)2-4(6)7;2*1-3(2)4;/h2H2,1H3,(H,6,7);2*3-4H,1-2H3;. The summed E-state index contributed by atoms with van der Waals surface area (Å²) < 4.78 is 0. The SMILES string of the molecule is CC(=O)CC(=O)O.CC(C)O.CC(C)O.[Zr]. The van der Waals surface area contributed by atoms with Crippen molar-refractivity contribution in [3.8, 4) is 0 Å². The van der Waals surface area contributed by atoms with E-state index in [1.165, 1.54) is 6.92 Å². The zero-order valence-corrected chi connectivity index (χ0v) is 13.0. The third kappa shape index (κ3) is 150. The summed E-state index contributed by atoms with van der Waals surface area (Å²) in [6, 6.07) is 0. The van der Waals surface area contributed by atoms with Crippen LogP contribution in [0.4, 0.5) is 0 Å². The van der Waals surface area contributed by atoms with Crippen molar-refractivity contribution in [2.75, 3.05) is 0 Å². The third-order valence-electron chi connectivity index (χ3n) is 0.400. The number of carbonyl (C=O) groups excluding carboxylic acids is 1. The molecule has 0 saturated heterocycles.